The minimum atomic E-state index is -0.729. The lowest BCUT2D eigenvalue weighted by atomic mass is 10.2. The lowest BCUT2D eigenvalue weighted by Gasteiger charge is -1.99. The first-order chi connectivity index (χ1) is 12.5. The molecule has 0 aliphatic heterocycles. The third kappa shape index (κ3) is 3.28. The van der Waals surface area contributed by atoms with E-state index >= 15 is 0 Å². The lowest BCUT2D eigenvalue weighted by molar-refractivity contribution is -0.384. The van der Waals surface area contributed by atoms with Gasteiger partial charge in [-0.3, -0.25) is 14.9 Å². The number of phenolic OH excluding ortho intramolecular Hbond substituents is 1. The Morgan fingerprint density at radius 3 is 2.96 bits per heavy atom. The van der Waals surface area contributed by atoms with Crippen LogP contribution >= 0.6 is 0 Å². The number of nitrogen functional groups attached to an aromatic ring is 1. The number of aromatic hydroxyl groups is 1. The van der Waals surface area contributed by atoms with Gasteiger partial charge in [-0.05, 0) is 16.4 Å². The molecule has 0 saturated carbocycles. The zero-order chi connectivity index (χ0) is 18.7. The van der Waals surface area contributed by atoms with Gasteiger partial charge in [-0.2, -0.15) is 9.78 Å². The summed E-state index contributed by atoms with van der Waals surface area (Å²) < 4.78 is 5.49. The molecule has 0 radical (unpaired) electrons. The van der Waals surface area contributed by atoms with Crippen LogP contribution in [0.5, 0.6) is 5.75 Å². The highest BCUT2D eigenvalue weighted by Gasteiger charge is 2.15. The SMILES string of the molecule is Nc1nonc1-n1cc(C(=O)NN=Cc2cc([N+](=O)[O-])ccc2O)nn1. The summed E-state index contributed by atoms with van der Waals surface area (Å²) in [7, 11) is 0. The van der Waals surface area contributed by atoms with Crippen LogP contribution in [0.2, 0.25) is 0 Å². The van der Waals surface area contributed by atoms with Gasteiger partial charge in [0.1, 0.15) is 5.75 Å². The van der Waals surface area contributed by atoms with Crippen LogP contribution in [0.1, 0.15) is 16.1 Å². The molecule has 0 bridgehead atoms. The fourth-order valence-electron chi connectivity index (χ4n) is 1.80. The molecular weight excluding hydrogens is 350 g/mol. The third-order valence-corrected chi connectivity index (χ3v) is 3.03. The standard InChI is InChI=1S/C12H9N9O5/c13-10-11(18-26-17-10)20-5-8(15-19-20)12(23)16-14-4-6-3-7(21(24)25)1-2-9(6)22/h1-5,22H,(H2,13,17)(H,16,23). The van der Waals surface area contributed by atoms with Crippen LogP contribution in [0.25, 0.3) is 5.82 Å². The second-order valence-electron chi connectivity index (χ2n) is 4.72. The number of amides is 1. The number of carbonyl (C=O) groups excluding carboxylic acids is 1. The molecule has 0 unspecified atom stereocenters. The Labute approximate surface area is 143 Å². The number of carbonyl (C=O) groups is 1. The molecule has 1 aromatic carbocycles. The summed E-state index contributed by atoms with van der Waals surface area (Å²) in [6.45, 7) is 0. The first kappa shape index (κ1) is 16.5. The van der Waals surface area contributed by atoms with Gasteiger partial charge in [0.05, 0.1) is 17.3 Å². The highest BCUT2D eigenvalue weighted by Crippen LogP contribution is 2.21. The van der Waals surface area contributed by atoms with Crippen molar-refractivity contribution in [1.29, 1.82) is 0 Å². The molecule has 0 atom stereocenters. The predicted octanol–water partition coefficient (Wildman–Crippen LogP) is -0.390. The fourth-order valence-corrected chi connectivity index (χ4v) is 1.80. The van der Waals surface area contributed by atoms with Crippen molar-refractivity contribution in [3.8, 4) is 11.6 Å². The quantitative estimate of drug-likeness (QED) is 0.306. The van der Waals surface area contributed by atoms with E-state index in [1.165, 1.54) is 6.20 Å². The van der Waals surface area contributed by atoms with Crippen LogP contribution in [-0.2, 0) is 0 Å². The number of aromatic nitrogens is 5. The number of phenols is 1. The van der Waals surface area contributed by atoms with E-state index in [4.69, 9.17) is 5.73 Å². The Morgan fingerprint density at radius 2 is 2.27 bits per heavy atom. The molecule has 0 spiro atoms. The highest BCUT2D eigenvalue weighted by atomic mass is 16.6. The molecule has 0 aliphatic carbocycles. The molecule has 3 aromatic rings. The van der Waals surface area contributed by atoms with Crippen LogP contribution in [0.3, 0.4) is 0 Å². The smallest absolute Gasteiger partial charge is 0.293 e. The number of hydrogen-bond acceptors (Lipinski definition) is 11. The van der Waals surface area contributed by atoms with E-state index in [9.17, 15) is 20.0 Å². The molecule has 3 rings (SSSR count). The van der Waals surface area contributed by atoms with Gasteiger partial charge >= 0.3 is 0 Å². The molecule has 26 heavy (non-hydrogen) atoms. The van der Waals surface area contributed by atoms with E-state index in [0.717, 1.165) is 29.1 Å². The molecular formula is C12H9N9O5. The number of anilines is 1. The summed E-state index contributed by atoms with van der Waals surface area (Å²) >= 11 is 0. The maximum atomic E-state index is 12.0. The van der Waals surface area contributed by atoms with Crippen molar-refractivity contribution >= 4 is 23.6 Å². The van der Waals surface area contributed by atoms with Gasteiger partial charge in [-0.1, -0.05) is 5.21 Å². The maximum Gasteiger partial charge on any atom is 0.293 e. The van der Waals surface area contributed by atoms with E-state index in [0.29, 0.717) is 0 Å². The fraction of sp³-hybridized carbons (Fsp3) is 0. The van der Waals surface area contributed by atoms with Crippen LogP contribution < -0.4 is 11.2 Å². The number of nitro benzene ring substituents is 1. The normalized spacial score (nSPS) is 10.9. The van der Waals surface area contributed by atoms with E-state index in [1.807, 2.05) is 0 Å². The maximum absolute atomic E-state index is 12.0. The van der Waals surface area contributed by atoms with Crippen molar-refractivity contribution in [2.24, 2.45) is 5.10 Å². The van der Waals surface area contributed by atoms with Gasteiger partial charge in [0.15, 0.2) is 5.69 Å². The van der Waals surface area contributed by atoms with Gasteiger partial charge < -0.3 is 10.8 Å². The van der Waals surface area contributed by atoms with Crippen molar-refractivity contribution in [1.82, 2.24) is 30.7 Å². The molecule has 0 aliphatic rings. The van der Waals surface area contributed by atoms with Crippen molar-refractivity contribution in [3.63, 3.8) is 0 Å². The molecule has 1 amide bonds. The molecule has 0 fully saturated rings. The average molecular weight is 359 g/mol. The molecule has 4 N–H and O–H groups in total. The number of rotatable bonds is 5. The minimum absolute atomic E-state index is 0.0407. The zero-order valence-electron chi connectivity index (χ0n) is 12.7. The largest absolute Gasteiger partial charge is 0.507 e. The Kier molecular flexibility index (Phi) is 4.21. The Balaban J connectivity index is 1.71. The van der Waals surface area contributed by atoms with Crippen molar-refractivity contribution in [2.45, 2.75) is 0 Å². The molecule has 14 nitrogen and oxygen atoms in total. The summed E-state index contributed by atoms with van der Waals surface area (Å²) in [5.74, 6) is -0.955. The second-order valence-corrected chi connectivity index (χ2v) is 4.72. The Bertz CT molecular complexity index is 1010. The number of nitrogens with one attached hydrogen (secondary N) is 1. The summed E-state index contributed by atoms with van der Waals surface area (Å²) in [5, 5.41) is 38.1. The topological polar surface area (TPSA) is 200 Å². The van der Waals surface area contributed by atoms with Gasteiger partial charge in [0.25, 0.3) is 11.6 Å². The number of benzene rings is 1. The Morgan fingerprint density at radius 1 is 1.46 bits per heavy atom. The molecule has 14 heteroatoms. The second kappa shape index (κ2) is 6.63. The summed E-state index contributed by atoms with van der Waals surface area (Å²) in [4.78, 5) is 22.1. The predicted molar refractivity (Wildman–Crippen MR) is 83.4 cm³/mol. The van der Waals surface area contributed by atoms with Crippen LogP contribution in [-0.4, -0.2) is 47.5 Å². The highest BCUT2D eigenvalue weighted by molar-refractivity contribution is 5.93. The van der Waals surface area contributed by atoms with Crippen LogP contribution in [0.4, 0.5) is 11.5 Å². The van der Waals surface area contributed by atoms with Gasteiger partial charge in [-0.15, -0.1) is 5.10 Å². The summed E-state index contributed by atoms with van der Waals surface area (Å²) in [5.41, 5.74) is 7.33. The van der Waals surface area contributed by atoms with E-state index < -0.39 is 10.8 Å². The molecule has 0 saturated heterocycles. The number of nitrogens with two attached hydrogens (primary N) is 1. The van der Waals surface area contributed by atoms with Gasteiger partial charge in [-0.25, -0.2) is 10.1 Å². The van der Waals surface area contributed by atoms with Crippen molar-refractivity contribution in [2.75, 3.05) is 5.73 Å². The van der Waals surface area contributed by atoms with Crippen molar-refractivity contribution < 1.29 is 19.5 Å². The van der Waals surface area contributed by atoms with E-state index in [2.05, 4.69) is 35.8 Å². The lowest BCUT2D eigenvalue weighted by Crippen LogP contribution is -2.18. The van der Waals surface area contributed by atoms with Crippen LogP contribution in [0.15, 0.2) is 34.1 Å². The van der Waals surface area contributed by atoms with E-state index in [1.54, 1.807) is 0 Å². The molecule has 132 valence electrons. The molecule has 2 aromatic heterocycles. The number of hydrogen-bond donors (Lipinski definition) is 3. The van der Waals surface area contributed by atoms with Gasteiger partial charge in [0, 0.05) is 17.7 Å². The summed E-state index contributed by atoms with van der Waals surface area (Å²) in [6, 6.07) is 3.37. The van der Waals surface area contributed by atoms with Crippen molar-refractivity contribution in [3.05, 3.63) is 45.8 Å². The zero-order valence-corrected chi connectivity index (χ0v) is 12.7. The minimum Gasteiger partial charge on any atom is -0.507 e. The monoisotopic (exact) mass is 359 g/mol. The first-order valence-corrected chi connectivity index (χ1v) is 6.77. The third-order valence-electron chi connectivity index (χ3n) is 3.03. The number of nitro groups is 1. The average Bonchev–Trinajstić information content (AvgIpc) is 3.24. The first-order valence-electron chi connectivity index (χ1n) is 6.77. The number of non-ortho nitro benzene ring substituents is 1. The molecule has 2 heterocycles. The Hall–Kier alpha value is -4.36. The van der Waals surface area contributed by atoms with Crippen LogP contribution in [0, 0.1) is 10.1 Å². The van der Waals surface area contributed by atoms with Gasteiger partial charge in [0.2, 0.25) is 11.6 Å². The number of nitrogens with zero attached hydrogens (tertiary/aromatic N) is 7. The van der Waals surface area contributed by atoms with E-state index in [-0.39, 0.29) is 34.3 Å². The summed E-state index contributed by atoms with van der Waals surface area (Å²) in [6.07, 6.45) is 2.26. The number of hydrazone groups is 1.